The first-order valence-corrected chi connectivity index (χ1v) is 9.51. The number of hydrogen-bond acceptors (Lipinski definition) is 1. The molecule has 1 aliphatic rings. The summed E-state index contributed by atoms with van der Waals surface area (Å²) < 4.78 is 0. The molecule has 1 fully saturated rings. The molecule has 0 spiro atoms. The molecule has 3 rings (SSSR count). The first-order chi connectivity index (χ1) is 12.1. The standard InChI is InChI=1S/C24H28O/c1-4-18-14-15-20(19-10-6-5-7-11-19)16-23(18)24(25)22-13-9-8-12-21(22)17(2)3/h4,8-9,12-17,19H,1,5-7,10-11H2,2-3H3. The quantitative estimate of drug-likeness (QED) is 0.555. The Labute approximate surface area is 151 Å². The second kappa shape index (κ2) is 7.82. The fourth-order valence-corrected chi connectivity index (χ4v) is 3.99. The van der Waals surface area contributed by atoms with Crippen LogP contribution in [0.1, 0.15) is 90.4 Å². The molecule has 0 heterocycles. The monoisotopic (exact) mass is 332 g/mol. The van der Waals surface area contributed by atoms with Crippen molar-refractivity contribution in [3.8, 4) is 0 Å². The van der Waals surface area contributed by atoms with Crippen molar-refractivity contribution in [2.75, 3.05) is 0 Å². The smallest absolute Gasteiger partial charge is 0.193 e. The van der Waals surface area contributed by atoms with Crippen molar-refractivity contribution >= 4 is 11.9 Å². The molecule has 0 bridgehead atoms. The normalized spacial score (nSPS) is 15.3. The van der Waals surface area contributed by atoms with Crippen LogP contribution in [0.4, 0.5) is 0 Å². The van der Waals surface area contributed by atoms with E-state index < -0.39 is 0 Å². The van der Waals surface area contributed by atoms with E-state index >= 15 is 0 Å². The number of benzene rings is 2. The van der Waals surface area contributed by atoms with Gasteiger partial charge in [-0.2, -0.15) is 0 Å². The minimum atomic E-state index is 0.122. The lowest BCUT2D eigenvalue weighted by Gasteiger charge is -2.23. The third-order valence-corrected chi connectivity index (χ3v) is 5.45. The minimum Gasteiger partial charge on any atom is -0.289 e. The van der Waals surface area contributed by atoms with Crippen molar-refractivity contribution in [3.63, 3.8) is 0 Å². The van der Waals surface area contributed by atoms with Crippen LogP contribution < -0.4 is 0 Å². The van der Waals surface area contributed by atoms with Crippen molar-refractivity contribution in [1.82, 2.24) is 0 Å². The van der Waals surface area contributed by atoms with Crippen LogP contribution in [0.3, 0.4) is 0 Å². The molecular formula is C24H28O. The number of ketones is 1. The first kappa shape index (κ1) is 17.7. The number of rotatable bonds is 5. The van der Waals surface area contributed by atoms with Gasteiger partial charge in [-0.1, -0.05) is 82.2 Å². The Bertz CT molecular complexity index is 763. The maximum absolute atomic E-state index is 13.3. The van der Waals surface area contributed by atoms with Crippen LogP contribution in [0.15, 0.2) is 49.0 Å². The third kappa shape index (κ3) is 3.76. The van der Waals surface area contributed by atoms with E-state index in [1.807, 2.05) is 18.2 Å². The highest BCUT2D eigenvalue weighted by Crippen LogP contribution is 2.34. The molecule has 2 aromatic carbocycles. The lowest BCUT2D eigenvalue weighted by atomic mass is 9.82. The first-order valence-electron chi connectivity index (χ1n) is 9.51. The molecular weight excluding hydrogens is 304 g/mol. The molecule has 1 nitrogen and oxygen atoms in total. The summed E-state index contributed by atoms with van der Waals surface area (Å²) in [6.45, 7) is 8.19. The topological polar surface area (TPSA) is 17.1 Å². The summed E-state index contributed by atoms with van der Waals surface area (Å²) in [7, 11) is 0. The van der Waals surface area contributed by atoms with Crippen LogP contribution in [0.25, 0.3) is 6.08 Å². The Morgan fingerprint density at radius 2 is 1.76 bits per heavy atom. The van der Waals surface area contributed by atoms with Gasteiger partial charge in [0.15, 0.2) is 5.78 Å². The van der Waals surface area contributed by atoms with Gasteiger partial charge in [-0.05, 0) is 47.4 Å². The van der Waals surface area contributed by atoms with Crippen LogP contribution in [-0.4, -0.2) is 5.78 Å². The number of carbonyl (C=O) groups is 1. The van der Waals surface area contributed by atoms with Crippen molar-refractivity contribution in [2.45, 2.75) is 57.8 Å². The summed E-state index contributed by atoms with van der Waals surface area (Å²) in [5, 5.41) is 0. The van der Waals surface area contributed by atoms with Gasteiger partial charge in [0.2, 0.25) is 0 Å². The van der Waals surface area contributed by atoms with Gasteiger partial charge in [0.05, 0.1) is 0 Å². The fourth-order valence-electron chi connectivity index (χ4n) is 3.99. The van der Waals surface area contributed by atoms with E-state index in [1.54, 1.807) is 6.08 Å². The largest absolute Gasteiger partial charge is 0.289 e. The van der Waals surface area contributed by atoms with E-state index in [2.05, 4.69) is 44.7 Å². The van der Waals surface area contributed by atoms with E-state index in [1.165, 1.54) is 37.7 Å². The van der Waals surface area contributed by atoms with Crippen LogP contribution >= 0.6 is 0 Å². The molecule has 0 saturated heterocycles. The molecule has 0 radical (unpaired) electrons. The van der Waals surface area contributed by atoms with Crippen molar-refractivity contribution in [2.24, 2.45) is 0 Å². The Morgan fingerprint density at radius 3 is 2.44 bits per heavy atom. The lowest BCUT2D eigenvalue weighted by molar-refractivity contribution is 0.103. The molecule has 0 unspecified atom stereocenters. The van der Waals surface area contributed by atoms with Gasteiger partial charge in [0, 0.05) is 11.1 Å². The average Bonchev–Trinajstić information content (AvgIpc) is 2.67. The van der Waals surface area contributed by atoms with Crippen molar-refractivity contribution in [3.05, 3.63) is 76.9 Å². The summed E-state index contributed by atoms with van der Waals surface area (Å²) in [6, 6.07) is 14.4. The van der Waals surface area contributed by atoms with Gasteiger partial charge in [-0.15, -0.1) is 0 Å². The molecule has 0 aliphatic heterocycles. The van der Waals surface area contributed by atoms with E-state index in [4.69, 9.17) is 0 Å². The zero-order valence-electron chi connectivity index (χ0n) is 15.4. The van der Waals surface area contributed by atoms with Gasteiger partial charge in [0.25, 0.3) is 0 Å². The zero-order valence-corrected chi connectivity index (χ0v) is 15.4. The molecule has 25 heavy (non-hydrogen) atoms. The second-order valence-electron chi connectivity index (χ2n) is 7.46. The zero-order chi connectivity index (χ0) is 17.8. The van der Waals surface area contributed by atoms with Gasteiger partial charge >= 0.3 is 0 Å². The summed E-state index contributed by atoms with van der Waals surface area (Å²) in [6.07, 6.45) is 8.22. The van der Waals surface area contributed by atoms with E-state index in [0.29, 0.717) is 11.8 Å². The summed E-state index contributed by atoms with van der Waals surface area (Å²) in [4.78, 5) is 13.3. The van der Waals surface area contributed by atoms with Gasteiger partial charge in [0.1, 0.15) is 0 Å². The third-order valence-electron chi connectivity index (χ3n) is 5.45. The van der Waals surface area contributed by atoms with E-state index in [0.717, 1.165) is 22.3 Å². The van der Waals surface area contributed by atoms with E-state index in [9.17, 15) is 4.79 Å². The summed E-state index contributed by atoms with van der Waals surface area (Å²) in [5.74, 6) is 1.05. The Balaban J connectivity index is 2.03. The van der Waals surface area contributed by atoms with Crippen LogP contribution in [-0.2, 0) is 0 Å². The van der Waals surface area contributed by atoms with Crippen LogP contribution in [0.5, 0.6) is 0 Å². The molecule has 130 valence electrons. The summed E-state index contributed by atoms with van der Waals surface area (Å²) >= 11 is 0. The lowest BCUT2D eigenvalue weighted by Crippen LogP contribution is -2.10. The van der Waals surface area contributed by atoms with Crippen LogP contribution in [0.2, 0.25) is 0 Å². The second-order valence-corrected chi connectivity index (χ2v) is 7.46. The van der Waals surface area contributed by atoms with E-state index in [-0.39, 0.29) is 5.78 Å². The number of hydrogen-bond donors (Lipinski definition) is 0. The molecule has 0 atom stereocenters. The molecule has 1 aliphatic carbocycles. The highest BCUT2D eigenvalue weighted by molar-refractivity contribution is 6.12. The maximum atomic E-state index is 13.3. The summed E-state index contributed by atoms with van der Waals surface area (Å²) in [5.41, 5.74) is 4.98. The molecule has 1 heteroatoms. The SMILES string of the molecule is C=Cc1ccc(C2CCCCC2)cc1C(=O)c1ccccc1C(C)C. The Kier molecular flexibility index (Phi) is 5.53. The molecule has 0 N–H and O–H groups in total. The fraction of sp³-hybridized carbons (Fsp3) is 0.375. The van der Waals surface area contributed by atoms with Gasteiger partial charge < -0.3 is 0 Å². The molecule has 2 aromatic rings. The minimum absolute atomic E-state index is 0.122. The van der Waals surface area contributed by atoms with Crippen LogP contribution in [0, 0.1) is 0 Å². The van der Waals surface area contributed by atoms with Gasteiger partial charge in [-0.3, -0.25) is 4.79 Å². The molecule has 0 amide bonds. The predicted molar refractivity (Wildman–Crippen MR) is 106 cm³/mol. The number of carbonyl (C=O) groups excluding carboxylic acids is 1. The van der Waals surface area contributed by atoms with Crippen molar-refractivity contribution in [1.29, 1.82) is 0 Å². The van der Waals surface area contributed by atoms with Crippen molar-refractivity contribution < 1.29 is 4.79 Å². The average molecular weight is 332 g/mol. The Morgan fingerprint density at radius 1 is 1.04 bits per heavy atom. The molecule has 0 aromatic heterocycles. The predicted octanol–water partition coefficient (Wildman–Crippen LogP) is 6.73. The highest BCUT2D eigenvalue weighted by atomic mass is 16.1. The Hall–Kier alpha value is -2.15. The van der Waals surface area contributed by atoms with Gasteiger partial charge in [-0.25, -0.2) is 0 Å². The highest BCUT2D eigenvalue weighted by Gasteiger charge is 2.21. The molecule has 1 saturated carbocycles. The maximum Gasteiger partial charge on any atom is 0.193 e.